The molecule has 0 spiro atoms. The number of nitrogens with zero attached hydrogens (tertiary/aromatic N) is 6. The van der Waals surface area contributed by atoms with Crippen LogP contribution in [0.25, 0.3) is 6.08 Å². The molecule has 3 aromatic rings. The fourth-order valence-electron chi connectivity index (χ4n) is 5.44. The lowest BCUT2D eigenvalue weighted by atomic mass is 9.96. The van der Waals surface area contributed by atoms with Crippen LogP contribution in [-0.2, 0) is 0 Å². The van der Waals surface area contributed by atoms with E-state index in [1.165, 1.54) is 16.0 Å². The van der Waals surface area contributed by atoms with Crippen LogP contribution in [0.4, 0.5) is 28.9 Å². The summed E-state index contributed by atoms with van der Waals surface area (Å²) >= 11 is 0. The van der Waals surface area contributed by atoms with E-state index in [1.54, 1.807) is 66.7 Å². The first kappa shape index (κ1) is 29.9. The Labute approximate surface area is 251 Å². The number of benzene rings is 3. The van der Waals surface area contributed by atoms with Crippen LogP contribution in [-0.4, -0.2) is 18.8 Å². The van der Waals surface area contributed by atoms with E-state index in [0.717, 1.165) is 6.42 Å². The Kier molecular flexibility index (Phi) is 8.64. The number of nitriles is 3. The summed E-state index contributed by atoms with van der Waals surface area (Å²) in [5, 5.41) is 33.6. The Balaban J connectivity index is 1.57. The number of hydrazone groups is 1. The third-order valence-corrected chi connectivity index (χ3v) is 7.67. The predicted octanol–water partition coefficient (Wildman–Crippen LogP) is 6.76. The van der Waals surface area contributed by atoms with Gasteiger partial charge >= 0.3 is 0 Å². The number of halogens is 4. The molecule has 5 rings (SSSR count). The first-order chi connectivity index (χ1) is 21.3. The van der Waals surface area contributed by atoms with Gasteiger partial charge in [-0.25, -0.2) is 17.6 Å². The molecule has 2 N–H and O–H groups in total. The second kappa shape index (κ2) is 12.7. The zero-order valence-electron chi connectivity index (χ0n) is 23.4. The van der Waals surface area contributed by atoms with E-state index in [0.29, 0.717) is 48.5 Å². The number of allylic oxidation sites excluding steroid dienone is 2. The van der Waals surface area contributed by atoms with Gasteiger partial charge in [0.1, 0.15) is 23.9 Å². The third-order valence-electron chi connectivity index (χ3n) is 7.67. The van der Waals surface area contributed by atoms with E-state index < -0.39 is 46.1 Å². The number of anilines is 2. The molecule has 11 heteroatoms. The molecule has 0 saturated carbocycles. The second-order valence-corrected chi connectivity index (χ2v) is 10.3. The van der Waals surface area contributed by atoms with Crippen molar-refractivity contribution >= 4 is 23.2 Å². The number of hydrogen-bond donors (Lipinski definition) is 1. The molecule has 1 unspecified atom stereocenters. The summed E-state index contributed by atoms with van der Waals surface area (Å²) in [6.07, 6.45) is 3.53. The van der Waals surface area contributed by atoms with Gasteiger partial charge in [-0.1, -0.05) is 42.5 Å². The second-order valence-electron chi connectivity index (χ2n) is 10.3. The summed E-state index contributed by atoms with van der Waals surface area (Å²) in [5.74, 6) is -5.79. The average molecular weight is 596 g/mol. The molecule has 2 heterocycles. The Hall–Kier alpha value is -5.60. The van der Waals surface area contributed by atoms with Gasteiger partial charge in [-0.3, -0.25) is 5.01 Å². The van der Waals surface area contributed by atoms with Gasteiger partial charge in [-0.2, -0.15) is 20.9 Å². The van der Waals surface area contributed by atoms with Gasteiger partial charge in [0.25, 0.3) is 0 Å². The molecule has 0 aromatic heterocycles. The number of piperidine rings is 1. The summed E-state index contributed by atoms with van der Waals surface area (Å²) in [5.41, 5.74) is 5.54. The fraction of sp³-hybridized carbons (Fsp3) is 0.212. The van der Waals surface area contributed by atoms with Crippen LogP contribution in [0.3, 0.4) is 0 Å². The largest absolute Gasteiger partial charge is 0.396 e. The van der Waals surface area contributed by atoms with Gasteiger partial charge in [-0.05, 0) is 48.6 Å². The summed E-state index contributed by atoms with van der Waals surface area (Å²) in [4.78, 5) is 1.35. The minimum atomic E-state index is -1.46. The van der Waals surface area contributed by atoms with Gasteiger partial charge in [0.15, 0.2) is 28.8 Å². The molecule has 0 aliphatic carbocycles. The van der Waals surface area contributed by atoms with Crippen molar-refractivity contribution in [3.63, 3.8) is 0 Å². The third kappa shape index (κ3) is 5.58. The summed E-state index contributed by atoms with van der Waals surface area (Å²) in [6.45, 7) is 0.597. The quantitative estimate of drug-likeness (QED) is 0.146. The monoisotopic (exact) mass is 595 g/mol. The van der Waals surface area contributed by atoms with Crippen LogP contribution < -0.4 is 15.6 Å². The van der Waals surface area contributed by atoms with E-state index in [9.17, 15) is 5.26 Å². The zero-order chi connectivity index (χ0) is 31.4. The number of nitrogens with two attached hydrogens (primary N) is 1. The molecule has 44 heavy (non-hydrogen) atoms. The molecular formula is C33H25F4N7. The van der Waals surface area contributed by atoms with E-state index in [1.807, 2.05) is 6.07 Å². The highest BCUT2D eigenvalue weighted by atomic mass is 19.2. The highest BCUT2D eigenvalue weighted by molar-refractivity contribution is 6.03. The van der Waals surface area contributed by atoms with Crippen LogP contribution in [0.5, 0.6) is 0 Å². The molecule has 1 fully saturated rings. The molecule has 0 radical (unpaired) electrons. The summed E-state index contributed by atoms with van der Waals surface area (Å²) < 4.78 is 62.6. The number of hydrogen-bond acceptors (Lipinski definition) is 7. The first-order valence-corrected chi connectivity index (χ1v) is 13.8. The summed E-state index contributed by atoms with van der Waals surface area (Å²) in [6, 6.07) is 19.1. The Morgan fingerprint density at radius 3 is 2.00 bits per heavy atom. The normalized spacial score (nSPS) is 16.5. The molecule has 7 nitrogen and oxygen atoms in total. The molecule has 1 saturated heterocycles. The molecule has 0 bridgehead atoms. The lowest BCUT2D eigenvalue weighted by Crippen LogP contribution is -2.32. The van der Waals surface area contributed by atoms with E-state index >= 15 is 17.6 Å². The van der Waals surface area contributed by atoms with Crippen molar-refractivity contribution in [2.45, 2.75) is 31.7 Å². The van der Waals surface area contributed by atoms with Gasteiger partial charge in [0, 0.05) is 19.5 Å². The van der Waals surface area contributed by atoms with Crippen LogP contribution in [0.2, 0.25) is 0 Å². The van der Waals surface area contributed by atoms with Crippen molar-refractivity contribution in [2.75, 3.05) is 23.0 Å². The van der Waals surface area contributed by atoms with E-state index in [-0.39, 0.29) is 17.7 Å². The first-order valence-electron chi connectivity index (χ1n) is 13.8. The average Bonchev–Trinajstić information content (AvgIpc) is 3.49. The molecule has 220 valence electrons. The van der Waals surface area contributed by atoms with Gasteiger partial charge in [0.05, 0.1) is 34.3 Å². The van der Waals surface area contributed by atoms with Crippen molar-refractivity contribution < 1.29 is 17.6 Å². The maximum atomic E-state index is 15.8. The van der Waals surface area contributed by atoms with Crippen LogP contribution in [0, 0.1) is 57.3 Å². The minimum absolute atomic E-state index is 0.0353. The standard InChI is InChI=1S/C33H25F4N7/c34-28-27(29(35)31(37)33(30(28)36)43-13-5-2-6-14-43)26-16-25(21-7-3-1-4-8-21)42-44(26)24-11-9-20(10-12-24)15-22(17-38)32(41)23(18-39)19-40/h1,3-4,7-12,15,26H,2,5-6,13-14,16,41H2. The van der Waals surface area contributed by atoms with Crippen LogP contribution >= 0.6 is 0 Å². The molecule has 2 aliphatic rings. The van der Waals surface area contributed by atoms with Crippen molar-refractivity contribution in [1.82, 2.24) is 0 Å². The zero-order valence-corrected chi connectivity index (χ0v) is 23.4. The SMILES string of the molecule is N#CC(=Cc1ccc(N2N=C(c3ccccc3)CC2c2c(F)c(F)c(N3CCCCC3)c(F)c2F)cc1)C(N)=C(C#N)C#N. The van der Waals surface area contributed by atoms with Crippen molar-refractivity contribution in [1.29, 1.82) is 15.8 Å². The van der Waals surface area contributed by atoms with Gasteiger partial charge in [-0.15, -0.1) is 0 Å². The molecular weight excluding hydrogens is 570 g/mol. The molecule has 0 amide bonds. The predicted molar refractivity (Wildman–Crippen MR) is 158 cm³/mol. The van der Waals surface area contributed by atoms with Crippen molar-refractivity contribution in [2.24, 2.45) is 10.8 Å². The van der Waals surface area contributed by atoms with Crippen LogP contribution in [0.1, 0.15) is 48.4 Å². The lowest BCUT2D eigenvalue weighted by molar-refractivity contribution is 0.421. The minimum Gasteiger partial charge on any atom is -0.396 e. The smallest absolute Gasteiger partial charge is 0.185 e. The van der Waals surface area contributed by atoms with Crippen molar-refractivity contribution in [3.05, 3.63) is 111 Å². The summed E-state index contributed by atoms with van der Waals surface area (Å²) in [7, 11) is 0. The van der Waals surface area contributed by atoms with Gasteiger partial charge < -0.3 is 10.6 Å². The maximum Gasteiger partial charge on any atom is 0.185 e. The van der Waals surface area contributed by atoms with E-state index in [4.69, 9.17) is 16.3 Å². The lowest BCUT2D eigenvalue weighted by Gasteiger charge is -2.31. The Morgan fingerprint density at radius 1 is 0.818 bits per heavy atom. The van der Waals surface area contributed by atoms with E-state index in [2.05, 4.69) is 5.10 Å². The molecule has 2 aliphatic heterocycles. The highest BCUT2D eigenvalue weighted by Crippen LogP contribution is 2.42. The van der Waals surface area contributed by atoms with Crippen LogP contribution in [0.15, 0.2) is 76.5 Å². The highest BCUT2D eigenvalue weighted by Gasteiger charge is 2.39. The Bertz CT molecular complexity index is 1760. The molecule has 3 aromatic carbocycles. The fourth-order valence-corrected chi connectivity index (χ4v) is 5.44. The van der Waals surface area contributed by atoms with Crippen molar-refractivity contribution in [3.8, 4) is 18.2 Å². The molecule has 1 atom stereocenters. The maximum absolute atomic E-state index is 15.8. The Morgan fingerprint density at radius 2 is 1.43 bits per heavy atom. The van der Waals surface area contributed by atoms with Gasteiger partial charge in [0.2, 0.25) is 0 Å². The number of rotatable bonds is 6. The topological polar surface area (TPSA) is 116 Å².